The molecule has 0 bridgehead atoms. The van der Waals surface area contributed by atoms with Crippen molar-refractivity contribution in [1.82, 2.24) is 4.90 Å². The van der Waals surface area contributed by atoms with Gasteiger partial charge >= 0.3 is 0 Å². The van der Waals surface area contributed by atoms with Gasteiger partial charge in [0, 0.05) is 13.1 Å². The summed E-state index contributed by atoms with van der Waals surface area (Å²) < 4.78 is 29.9. The van der Waals surface area contributed by atoms with Crippen molar-refractivity contribution in [3.05, 3.63) is 53.3 Å². The van der Waals surface area contributed by atoms with Crippen LogP contribution in [0.4, 0.5) is 10.1 Å². The molecule has 0 spiro atoms. The van der Waals surface area contributed by atoms with Crippen LogP contribution in [0.3, 0.4) is 0 Å². The van der Waals surface area contributed by atoms with Crippen LogP contribution < -0.4 is 14.4 Å². The number of carbonyl (C=O) groups excluding carboxylic acids is 2. The van der Waals surface area contributed by atoms with Gasteiger partial charge < -0.3 is 24.0 Å². The van der Waals surface area contributed by atoms with E-state index in [-0.39, 0.29) is 35.7 Å². The molecule has 0 N–H and O–H groups in total. The van der Waals surface area contributed by atoms with E-state index in [1.807, 2.05) is 0 Å². The number of rotatable bonds is 4. The van der Waals surface area contributed by atoms with Crippen molar-refractivity contribution >= 4 is 29.1 Å². The van der Waals surface area contributed by atoms with E-state index in [0.29, 0.717) is 37.7 Å². The predicted molar refractivity (Wildman–Crippen MR) is 108 cm³/mol. The van der Waals surface area contributed by atoms with E-state index in [4.69, 9.17) is 25.8 Å². The fraction of sp³-hybridized carbons (Fsp3) is 0.333. The van der Waals surface area contributed by atoms with Crippen LogP contribution in [0.2, 0.25) is 5.02 Å². The molecule has 4 rings (SSSR count). The molecule has 0 aliphatic carbocycles. The van der Waals surface area contributed by atoms with Gasteiger partial charge in [-0.2, -0.15) is 0 Å². The molecule has 2 heterocycles. The number of benzene rings is 2. The largest absolute Gasteiger partial charge is 0.482 e. The maximum absolute atomic E-state index is 13.2. The number of fused-ring (bicyclic) bond motifs is 1. The van der Waals surface area contributed by atoms with Crippen LogP contribution in [0, 0.1) is 5.82 Å². The molecule has 2 amide bonds. The normalized spacial score (nSPS) is 18.4. The number of para-hydroxylation sites is 2. The maximum atomic E-state index is 13.2. The van der Waals surface area contributed by atoms with Gasteiger partial charge in [0.25, 0.3) is 11.8 Å². The Kier molecular flexibility index (Phi) is 6.06. The second kappa shape index (κ2) is 8.89. The minimum atomic E-state index is -0.823. The zero-order valence-corrected chi connectivity index (χ0v) is 16.8. The summed E-state index contributed by atoms with van der Waals surface area (Å²) >= 11 is 5.96. The van der Waals surface area contributed by atoms with Gasteiger partial charge in [-0.3, -0.25) is 9.59 Å². The van der Waals surface area contributed by atoms with Crippen molar-refractivity contribution in [1.29, 1.82) is 0 Å². The molecule has 1 atom stereocenters. The van der Waals surface area contributed by atoms with Gasteiger partial charge in [0.2, 0.25) is 0 Å². The Balaban J connectivity index is 1.50. The Morgan fingerprint density at radius 1 is 1.17 bits per heavy atom. The van der Waals surface area contributed by atoms with E-state index in [9.17, 15) is 14.0 Å². The number of hydrogen-bond acceptors (Lipinski definition) is 5. The van der Waals surface area contributed by atoms with E-state index in [0.717, 1.165) is 6.07 Å². The fourth-order valence-electron chi connectivity index (χ4n) is 3.40. The van der Waals surface area contributed by atoms with Crippen LogP contribution in [-0.2, 0) is 14.3 Å². The highest BCUT2D eigenvalue weighted by molar-refractivity contribution is 6.32. The number of hydrogen-bond donors (Lipinski definition) is 0. The smallest absolute Gasteiger partial charge is 0.265 e. The lowest BCUT2D eigenvalue weighted by molar-refractivity contribution is -0.142. The highest BCUT2D eigenvalue weighted by atomic mass is 35.5. The molecule has 2 aromatic rings. The lowest BCUT2D eigenvalue weighted by Crippen LogP contribution is -2.54. The first-order chi connectivity index (χ1) is 14.5. The topological polar surface area (TPSA) is 68.3 Å². The van der Waals surface area contributed by atoms with Gasteiger partial charge in [0.05, 0.1) is 30.5 Å². The third-order valence-electron chi connectivity index (χ3n) is 4.92. The zero-order valence-electron chi connectivity index (χ0n) is 16.1. The van der Waals surface area contributed by atoms with Crippen LogP contribution in [0.5, 0.6) is 11.5 Å². The summed E-state index contributed by atoms with van der Waals surface area (Å²) in [5.41, 5.74) is 0.558. The van der Waals surface area contributed by atoms with Crippen molar-refractivity contribution < 1.29 is 28.2 Å². The van der Waals surface area contributed by atoms with E-state index in [1.54, 1.807) is 29.2 Å². The molecule has 2 aliphatic heterocycles. The van der Waals surface area contributed by atoms with E-state index < -0.39 is 11.9 Å². The van der Waals surface area contributed by atoms with Crippen LogP contribution >= 0.6 is 11.6 Å². The molecule has 9 heteroatoms. The van der Waals surface area contributed by atoms with E-state index >= 15 is 0 Å². The summed E-state index contributed by atoms with van der Waals surface area (Å²) in [6, 6.07) is 10.7. The second-order valence-electron chi connectivity index (χ2n) is 6.88. The third kappa shape index (κ3) is 4.34. The van der Waals surface area contributed by atoms with Crippen LogP contribution in [-0.4, -0.2) is 62.3 Å². The second-order valence-corrected chi connectivity index (χ2v) is 7.29. The minimum absolute atomic E-state index is 0.0621. The summed E-state index contributed by atoms with van der Waals surface area (Å²) in [6.07, 6.45) is -0.823. The molecule has 0 saturated carbocycles. The quantitative estimate of drug-likeness (QED) is 0.739. The standard InChI is InChI=1S/C21H20ClFN2O5/c22-15-11-14(23)5-6-17(15)29-13-20(26)25-12-19(21(27)24-7-9-28-10-8-24)30-18-4-2-1-3-16(18)25/h1-6,11,19H,7-10,12-13H2. The molecular weight excluding hydrogens is 415 g/mol. The van der Waals surface area contributed by atoms with E-state index in [2.05, 4.69) is 0 Å². The number of ether oxygens (including phenoxy) is 3. The average molecular weight is 435 g/mol. The summed E-state index contributed by atoms with van der Waals surface area (Å²) in [5, 5.41) is 0.0746. The molecule has 1 saturated heterocycles. The molecule has 1 fully saturated rings. The van der Waals surface area contributed by atoms with Crippen molar-refractivity contribution in [2.45, 2.75) is 6.10 Å². The molecule has 0 radical (unpaired) electrons. The van der Waals surface area contributed by atoms with Crippen LogP contribution in [0.15, 0.2) is 42.5 Å². The highest BCUT2D eigenvalue weighted by Gasteiger charge is 2.36. The van der Waals surface area contributed by atoms with Gasteiger partial charge in [-0.25, -0.2) is 4.39 Å². The van der Waals surface area contributed by atoms with Crippen molar-refractivity contribution in [3.63, 3.8) is 0 Å². The first kappa shape index (κ1) is 20.4. The number of nitrogens with zero attached hydrogens (tertiary/aromatic N) is 2. The van der Waals surface area contributed by atoms with Crippen LogP contribution in [0.1, 0.15) is 0 Å². The summed E-state index contributed by atoms with van der Waals surface area (Å²) in [7, 11) is 0. The molecule has 0 aromatic heterocycles. The van der Waals surface area contributed by atoms with Crippen molar-refractivity contribution in [2.24, 2.45) is 0 Å². The van der Waals surface area contributed by atoms with Gasteiger partial charge in [-0.05, 0) is 30.3 Å². The number of carbonyl (C=O) groups is 2. The Hall–Kier alpha value is -2.84. The van der Waals surface area contributed by atoms with Gasteiger partial charge in [-0.15, -0.1) is 0 Å². The predicted octanol–water partition coefficient (Wildman–Crippen LogP) is 2.51. The SMILES string of the molecule is O=C(C1CN(C(=O)COc2ccc(F)cc2Cl)c2ccccc2O1)N1CCOCC1. The number of amides is 2. The van der Waals surface area contributed by atoms with Gasteiger partial charge in [0.1, 0.15) is 17.3 Å². The first-order valence-electron chi connectivity index (χ1n) is 9.53. The Morgan fingerprint density at radius 3 is 2.70 bits per heavy atom. The summed E-state index contributed by atoms with van der Waals surface area (Å²) in [4.78, 5) is 29.0. The highest BCUT2D eigenvalue weighted by Crippen LogP contribution is 2.34. The fourth-order valence-corrected chi connectivity index (χ4v) is 3.62. The lowest BCUT2D eigenvalue weighted by Gasteiger charge is -2.37. The Morgan fingerprint density at radius 2 is 1.93 bits per heavy atom. The van der Waals surface area contributed by atoms with Gasteiger partial charge in [0.15, 0.2) is 12.7 Å². The Labute approximate surface area is 177 Å². The lowest BCUT2D eigenvalue weighted by atomic mass is 10.1. The van der Waals surface area contributed by atoms with E-state index in [1.165, 1.54) is 17.0 Å². The third-order valence-corrected chi connectivity index (χ3v) is 5.21. The molecule has 2 aromatic carbocycles. The molecular formula is C21H20ClFN2O5. The number of halogens is 2. The number of morpholine rings is 1. The Bertz CT molecular complexity index is 951. The molecule has 7 nitrogen and oxygen atoms in total. The minimum Gasteiger partial charge on any atom is -0.482 e. The zero-order chi connectivity index (χ0) is 21.1. The number of anilines is 1. The monoisotopic (exact) mass is 434 g/mol. The molecule has 158 valence electrons. The molecule has 2 aliphatic rings. The first-order valence-corrected chi connectivity index (χ1v) is 9.91. The van der Waals surface area contributed by atoms with Crippen molar-refractivity contribution in [2.75, 3.05) is 44.4 Å². The van der Waals surface area contributed by atoms with Gasteiger partial charge in [-0.1, -0.05) is 23.7 Å². The summed E-state index contributed by atoms with van der Waals surface area (Å²) in [6.45, 7) is 1.67. The van der Waals surface area contributed by atoms with Crippen molar-refractivity contribution in [3.8, 4) is 11.5 Å². The maximum Gasteiger partial charge on any atom is 0.265 e. The summed E-state index contributed by atoms with van der Waals surface area (Å²) in [5.74, 6) is -0.401. The molecule has 30 heavy (non-hydrogen) atoms. The van der Waals surface area contributed by atoms with Crippen LogP contribution in [0.25, 0.3) is 0 Å². The molecule has 1 unspecified atom stereocenters. The average Bonchev–Trinajstić information content (AvgIpc) is 2.77.